The molecule has 0 heterocycles. The maximum atomic E-state index is 13.0. The van der Waals surface area contributed by atoms with Crippen molar-refractivity contribution in [1.82, 2.24) is 0 Å². The molecular formula is C77H142O6. The maximum Gasteiger partial charge on any atom is 0.306 e. The first-order valence-electron chi connectivity index (χ1n) is 37.1. The second-order valence-electron chi connectivity index (χ2n) is 25.2. The van der Waals surface area contributed by atoms with E-state index in [0.717, 1.165) is 83.5 Å². The minimum atomic E-state index is -0.772. The van der Waals surface area contributed by atoms with Crippen molar-refractivity contribution in [3.63, 3.8) is 0 Å². The molecule has 0 aromatic heterocycles. The van der Waals surface area contributed by atoms with Crippen LogP contribution < -0.4 is 0 Å². The Labute approximate surface area is 518 Å². The lowest BCUT2D eigenvalue weighted by Gasteiger charge is -2.18. The lowest BCUT2D eigenvalue weighted by molar-refractivity contribution is -0.167. The summed E-state index contributed by atoms with van der Waals surface area (Å²) in [7, 11) is 0. The third-order valence-corrected chi connectivity index (χ3v) is 16.8. The fraction of sp³-hybridized carbons (Fsp3) is 0.857. The van der Waals surface area contributed by atoms with Crippen molar-refractivity contribution in [2.24, 2.45) is 0 Å². The van der Waals surface area contributed by atoms with E-state index in [4.69, 9.17) is 14.2 Å². The molecule has 83 heavy (non-hydrogen) atoms. The van der Waals surface area contributed by atoms with Gasteiger partial charge < -0.3 is 14.2 Å². The Kier molecular flexibility index (Phi) is 69.6. The fourth-order valence-electron chi connectivity index (χ4n) is 11.3. The van der Waals surface area contributed by atoms with Crippen LogP contribution >= 0.6 is 0 Å². The van der Waals surface area contributed by atoms with Crippen molar-refractivity contribution in [3.8, 4) is 0 Å². The van der Waals surface area contributed by atoms with Gasteiger partial charge in [-0.3, -0.25) is 14.4 Å². The average Bonchev–Trinajstić information content (AvgIpc) is 3.48. The molecule has 0 bridgehead atoms. The molecule has 6 heteroatoms. The predicted octanol–water partition coefficient (Wildman–Crippen LogP) is 25.7. The molecule has 0 spiro atoms. The highest BCUT2D eigenvalue weighted by Gasteiger charge is 2.20. The number of allylic oxidation sites excluding steroid dienone is 8. The van der Waals surface area contributed by atoms with E-state index in [1.807, 2.05) is 0 Å². The van der Waals surface area contributed by atoms with Gasteiger partial charge in [-0.2, -0.15) is 0 Å². The Morgan fingerprint density at radius 2 is 0.470 bits per heavy atom. The number of esters is 3. The minimum absolute atomic E-state index is 0.0676. The first-order chi connectivity index (χ1) is 41.0. The lowest BCUT2D eigenvalue weighted by atomic mass is 10.0. The van der Waals surface area contributed by atoms with Crippen molar-refractivity contribution < 1.29 is 28.6 Å². The van der Waals surface area contributed by atoms with Gasteiger partial charge in [0.2, 0.25) is 0 Å². The quantitative estimate of drug-likeness (QED) is 0.0261. The highest BCUT2D eigenvalue weighted by molar-refractivity contribution is 5.71. The third-order valence-electron chi connectivity index (χ3n) is 16.8. The Balaban J connectivity index is 4.14. The summed E-state index contributed by atoms with van der Waals surface area (Å²) in [6.07, 6.45) is 91.7. The number of carbonyl (C=O) groups excluding carboxylic acids is 3. The van der Waals surface area contributed by atoms with E-state index in [2.05, 4.69) is 69.4 Å². The summed E-state index contributed by atoms with van der Waals surface area (Å²) < 4.78 is 17.0. The van der Waals surface area contributed by atoms with Crippen molar-refractivity contribution in [2.75, 3.05) is 13.2 Å². The molecule has 0 rings (SSSR count). The number of ether oxygens (including phenoxy) is 3. The van der Waals surface area contributed by atoms with Crippen LogP contribution in [0.2, 0.25) is 0 Å². The topological polar surface area (TPSA) is 78.9 Å². The first kappa shape index (κ1) is 80.4. The van der Waals surface area contributed by atoms with Gasteiger partial charge in [-0.1, -0.05) is 378 Å². The van der Waals surface area contributed by atoms with Crippen LogP contribution in [0.4, 0.5) is 0 Å². The highest BCUT2D eigenvalue weighted by atomic mass is 16.6. The van der Waals surface area contributed by atoms with Gasteiger partial charge in [-0.05, 0) is 57.8 Å². The van der Waals surface area contributed by atoms with Crippen LogP contribution in [-0.4, -0.2) is 37.2 Å². The standard InChI is InChI=1S/C77H142O6/c1-4-7-10-13-16-19-22-24-26-28-30-32-34-36-37-38-39-41-42-44-46-48-50-52-55-58-61-64-67-70-76(79)82-73-74(72-81-75(78)69-66-63-60-57-54-21-18-15-12-9-6-3)83-77(80)71-68-65-62-59-56-53-51-49-47-45-43-40-35-33-31-29-27-25-23-20-17-14-11-8-5-2/h8,11,17,20,25,27,31,33,74H,4-7,9-10,12-16,18-19,21-24,26,28-30,32,34-73H2,1-3H3/b11-8-,20-17-,27-25-,33-31-. The Hall–Kier alpha value is -2.63. The summed E-state index contributed by atoms with van der Waals surface area (Å²) in [6, 6.07) is 0. The zero-order valence-corrected chi connectivity index (χ0v) is 56.0. The van der Waals surface area contributed by atoms with Gasteiger partial charge in [-0.25, -0.2) is 0 Å². The van der Waals surface area contributed by atoms with Crippen molar-refractivity contribution >= 4 is 17.9 Å². The van der Waals surface area contributed by atoms with E-state index in [0.29, 0.717) is 19.3 Å². The minimum Gasteiger partial charge on any atom is -0.462 e. The Morgan fingerprint density at radius 3 is 0.735 bits per heavy atom. The van der Waals surface area contributed by atoms with E-state index in [1.54, 1.807) is 0 Å². The smallest absolute Gasteiger partial charge is 0.306 e. The molecule has 0 saturated heterocycles. The normalized spacial score (nSPS) is 12.3. The molecule has 0 aliphatic rings. The Morgan fingerprint density at radius 1 is 0.253 bits per heavy atom. The van der Waals surface area contributed by atoms with Gasteiger partial charge in [0.05, 0.1) is 0 Å². The van der Waals surface area contributed by atoms with E-state index in [1.165, 1.54) is 283 Å². The second kappa shape index (κ2) is 71.8. The van der Waals surface area contributed by atoms with Crippen LogP contribution in [0.15, 0.2) is 48.6 Å². The van der Waals surface area contributed by atoms with Crippen LogP contribution in [-0.2, 0) is 28.6 Å². The molecule has 0 aromatic carbocycles. The van der Waals surface area contributed by atoms with Gasteiger partial charge >= 0.3 is 17.9 Å². The van der Waals surface area contributed by atoms with E-state index >= 15 is 0 Å². The first-order valence-corrected chi connectivity index (χ1v) is 37.1. The maximum absolute atomic E-state index is 13.0. The number of rotatable bonds is 69. The molecule has 0 aliphatic carbocycles. The molecule has 0 amide bonds. The largest absolute Gasteiger partial charge is 0.462 e. The molecule has 0 radical (unpaired) electrons. The summed E-state index contributed by atoms with van der Waals surface area (Å²) in [4.78, 5) is 38.4. The van der Waals surface area contributed by atoms with Gasteiger partial charge in [0.25, 0.3) is 0 Å². The molecule has 1 atom stereocenters. The van der Waals surface area contributed by atoms with Crippen LogP contribution in [0.1, 0.15) is 406 Å². The molecule has 6 nitrogen and oxygen atoms in total. The fourth-order valence-corrected chi connectivity index (χ4v) is 11.3. The van der Waals surface area contributed by atoms with Crippen molar-refractivity contribution in [1.29, 1.82) is 0 Å². The van der Waals surface area contributed by atoms with Gasteiger partial charge in [0.1, 0.15) is 13.2 Å². The molecule has 1 unspecified atom stereocenters. The molecular weight excluding hydrogens is 1020 g/mol. The van der Waals surface area contributed by atoms with E-state index in [9.17, 15) is 14.4 Å². The number of hydrogen-bond donors (Lipinski definition) is 0. The molecule has 0 saturated carbocycles. The second-order valence-corrected chi connectivity index (χ2v) is 25.2. The monoisotopic (exact) mass is 1160 g/mol. The molecule has 0 fully saturated rings. The third kappa shape index (κ3) is 70.0. The zero-order chi connectivity index (χ0) is 59.9. The number of unbranched alkanes of at least 4 members (excludes halogenated alkanes) is 50. The SMILES string of the molecule is CC/C=C\C/C=C\C/C=C\C/C=C\CCCCCCCCCCCCCCC(=O)OC(COC(=O)CCCCCCCCCCCCC)COC(=O)CCCCCCCCCCCCCCCCCCCCCCCCCCCCCCC. The van der Waals surface area contributed by atoms with Crippen LogP contribution in [0.5, 0.6) is 0 Å². The molecule has 0 aliphatic heterocycles. The average molecular weight is 1160 g/mol. The van der Waals surface area contributed by atoms with Gasteiger partial charge in [0, 0.05) is 19.3 Å². The van der Waals surface area contributed by atoms with Gasteiger partial charge in [0.15, 0.2) is 6.10 Å². The van der Waals surface area contributed by atoms with Crippen LogP contribution in [0.25, 0.3) is 0 Å². The lowest BCUT2D eigenvalue weighted by Crippen LogP contribution is -2.30. The highest BCUT2D eigenvalue weighted by Crippen LogP contribution is 2.19. The number of carbonyl (C=O) groups is 3. The predicted molar refractivity (Wildman–Crippen MR) is 362 cm³/mol. The summed E-state index contributed by atoms with van der Waals surface area (Å²) >= 11 is 0. The summed E-state index contributed by atoms with van der Waals surface area (Å²) in [5, 5.41) is 0. The van der Waals surface area contributed by atoms with Crippen molar-refractivity contribution in [3.05, 3.63) is 48.6 Å². The zero-order valence-electron chi connectivity index (χ0n) is 56.0. The summed E-state index contributed by atoms with van der Waals surface area (Å²) in [5.41, 5.74) is 0. The summed E-state index contributed by atoms with van der Waals surface area (Å²) in [5.74, 6) is -0.841. The molecule has 0 N–H and O–H groups in total. The van der Waals surface area contributed by atoms with Crippen LogP contribution in [0, 0.1) is 0 Å². The molecule has 0 aromatic rings. The number of hydrogen-bond acceptors (Lipinski definition) is 6. The van der Waals surface area contributed by atoms with E-state index in [-0.39, 0.29) is 31.1 Å². The Bertz CT molecular complexity index is 1430. The summed E-state index contributed by atoms with van der Waals surface area (Å²) in [6.45, 7) is 6.60. The van der Waals surface area contributed by atoms with Gasteiger partial charge in [-0.15, -0.1) is 0 Å². The van der Waals surface area contributed by atoms with Crippen LogP contribution in [0.3, 0.4) is 0 Å². The van der Waals surface area contributed by atoms with Crippen molar-refractivity contribution in [2.45, 2.75) is 412 Å². The van der Waals surface area contributed by atoms with E-state index < -0.39 is 6.10 Å². The molecule has 486 valence electrons.